The number of phenolic OH excluding ortho intramolecular Hbond substituents is 1. The first-order valence-corrected chi connectivity index (χ1v) is 15.8. The molecular weight excluding hydrogens is 607 g/mol. The lowest BCUT2D eigenvalue weighted by molar-refractivity contribution is -0.384. The zero-order valence-corrected chi connectivity index (χ0v) is 26.3. The Bertz CT molecular complexity index is 1760. The first kappa shape index (κ1) is 31.7. The maximum atomic E-state index is 14.0. The number of carbonyl (C=O) groups excluding carboxylic acids is 2. The lowest BCUT2D eigenvalue weighted by atomic mass is 9.57. The normalized spacial score (nSPS) is 23.2. The molecule has 0 bridgehead atoms. The molecule has 3 aromatic carbocycles. The number of nitrogens with zero attached hydrogens (tertiary/aromatic N) is 2. The van der Waals surface area contributed by atoms with Crippen LogP contribution in [0.2, 0.25) is 11.3 Å². The summed E-state index contributed by atoms with van der Waals surface area (Å²) >= 11 is 6.46. The van der Waals surface area contributed by atoms with Crippen molar-refractivity contribution in [2.45, 2.75) is 45.5 Å². The molecule has 6 rings (SSSR count). The third kappa shape index (κ3) is 6.00. The van der Waals surface area contributed by atoms with Gasteiger partial charge in [-0.2, -0.15) is 0 Å². The van der Waals surface area contributed by atoms with E-state index < -0.39 is 41.8 Å². The number of imide groups is 1. The second-order valence-electron chi connectivity index (χ2n) is 12.5. The second-order valence-corrected chi connectivity index (χ2v) is 12.9. The monoisotopic (exact) mass is 640 g/mol. The number of aromatic hydroxyl groups is 1. The van der Waals surface area contributed by atoms with Gasteiger partial charge in [-0.1, -0.05) is 67.4 Å². The Balaban J connectivity index is 1.34. The minimum absolute atomic E-state index is 0.0643. The zero-order chi connectivity index (χ0) is 32.7. The molecule has 11 heteroatoms. The van der Waals surface area contributed by atoms with E-state index in [0.717, 1.165) is 32.7 Å². The van der Waals surface area contributed by atoms with Gasteiger partial charge in [-0.15, -0.1) is 0 Å². The van der Waals surface area contributed by atoms with E-state index in [1.165, 1.54) is 30.3 Å². The molecule has 2 amide bonds. The molecule has 2 saturated heterocycles. The minimum Gasteiger partial charge on any atom is -0.508 e. The van der Waals surface area contributed by atoms with Crippen LogP contribution in [0, 0.1) is 33.8 Å². The summed E-state index contributed by atoms with van der Waals surface area (Å²) in [6.45, 7) is 4.12. The summed E-state index contributed by atoms with van der Waals surface area (Å²) in [6.07, 6.45) is 3.10. The molecule has 0 radical (unpaired) electrons. The molecule has 3 aromatic rings. The SMILES string of the molecule is CC(C)C1=C2[C@@H](CC/C(=C/c3ccc(O)cc3Cl)c3ccccc3)OB(O)C[C@@H]2[C@@H]2C(=O)N(c3cccc([N+](=O)[O-])c3)C(=O)[C@@H]2C1. The van der Waals surface area contributed by atoms with E-state index in [9.17, 15) is 29.8 Å². The molecule has 3 aliphatic rings. The third-order valence-corrected chi connectivity index (χ3v) is 9.70. The molecule has 2 N–H and O–H groups in total. The predicted molar refractivity (Wildman–Crippen MR) is 177 cm³/mol. The van der Waals surface area contributed by atoms with Gasteiger partial charge in [-0.25, -0.2) is 4.90 Å². The predicted octanol–water partition coefficient (Wildman–Crippen LogP) is 6.93. The number of halogens is 1. The van der Waals surface area contributed by atoms with Crippen LogP contribution in [0.25, 0.3) is 11.6 Å². The fourth-order valence-corrected chi connectivity index (χ4v) is 7.54. The van der Waals surface area contributed by atoms with Gasteiger partial charge < -0.3 is 14.8 Å². The lowest BCUT2D eigenvalue weighted by Gasteiger charge is -2.44. The number of anilines is 1. The standard InChI is InChI=1S/C35H34BClN2O7/c1-20(2)27-18-28-33(35(42)38(34(28)41)24-9-6-10-25(16-24)39(44)45)29-19-36(43)46-31(32(27)29)14-12-22(21-7-4-3-5-8-21)15-23-11-13-26(40)17-30(23)37/h3-11,13,15-17,20,28-29,31,33,40,43H,12,14,18-19H2,1-2H3/b22-15-/t28-,29+,31-,33-/m1/s1. The smallest absolute Gasteiger partial charge is 0.455 e. The number of carbonyl (C=O) groups is 2. The van der Waals surface area contributed by atoms with Crippen LogP contribution in [-0.2, 0) is 14.2 Å². The van der Waals surface area contributed by atoms with E-state index >= 15 is 0 Å². The van der Waals surface area contributed by atoms with Crippen LogP contribution in [0.3, 0.4) is 0 Å². The van der Waals surface area contributed by atoms with Crippen molar-refractivity contribution < 1.29 is 29.3 Å². The highest BCUT2D eigenvalue weighted by Crippen LogP contribution is 2.53. The summed E-state index contributed by atoms with van der Waals surface area (Å²) in [5, 5.41) is 32.7. The van der Waals surface area contributed by atoms with E-state index in [-0.39, 0.29) is 35.3 Å². The lowest BCUT2D eigenvalue weighted by Crippen LogP contribution is -2.46. The summed E-state index contributed by atoms with van der Waals surface area (Å²) < 4.78 is 6.20. The summed E-state index contributed by atoms with van der Waals surface area (Å²) in [6, 6.07) is 20.3. The topological polar surface area (TPSA) is 130 Å². The van der Waals surface area contributed by atoms with Crippen LogP contribution in [0.1, 0.15) is 44.2 Å². The number of nitro groups is 1. The quantitative estimate of drug-likeness (QED) is 0.0682. The maximum Gasteiger partial charge on any atom is 0.455 e. The summed E-state index contributed by atoms with van der Waals surface area (Å²) in [7, 11) is -1.13. The fraction of sp³-hybridized carbons (Fsp3) is 0.314. The number of benzene rings is 3. The molecule has 2 heterocycles. The Hall–Kier alpha value is -4.25. The number of hydrogen-bond acceptors (Lipinski definition) is 7. The number of phenols is 1. The number of hydrogen-bond donors (Lipinski definition) is 2. The number of non-ortho nitro benzene ring substituents is 1. The molecule has 2 aliphatic heterocycles. The van der Waals surface area contributed by atoms with E-state index in [4.69, 9.17) is 16.3 Å². The maximum absolute atomic E-state index is 14.0. The van der Waals surface area contributed by atoms with Gasteiger partial charge in [0.05, 0.1) is 33.6 Å². The van der Waals surface area contributed by atoms with Gasteiger partial charge in [0.2, 0.25) is 11.8 Å². The molecule has 0 saturated carbocycles. The summed E-state index contributed by atoms with van der Waals surface area (Å²) in [5.74, 6) is -2.38. The molecule has 236 valence electrons. The van der Waals surface area contributed by atoms with Crippen molar-refractivity contribution in [3.05, 3.63) is 110 Å². The molecule has 2 fully saturated rings. The minimum atomic E-state index is -1.13. The van der Waals surface area contributed by atoms with Gasteiger partial charge in [-0.05, 0) is 90.0 Å². The van der Waals surface area contributed by atoms with Crippen LogP contribution in [-0.4, -0.2) is 40.1 Å². The van der Waals surface area contributed by atoms with Crippen molar-refractivity contribution in [1.82, 2.24) is 0 Å². The first-order valence-electron chi connectivity index (χ1n) is 15.5. The molecule has 0 aromatic heterocycles. The molecule has 1 aliphatic carbocycles. The van der Waals surface area contributed by atoms with Crippen LogP contribution < -0.4 is 4.90 Å². The molecule has 46 heavy (non-hydrogen) atoms. The Morgan fingerprint density at radius 1 is 1.09 bits per heavy atom. The van der Waals surface area contributed by atoms with E-state index in [1.807, 2.05) is 36.4 Å². The number of allylic oxidation sites excluding steroid dienone is 2. The summed E-state index contributed by atoms with van der Waals surface area (Å²) in [4.78, 5) is 39.8. The molecule has 9 nitrogen and oxygen atoms in total. The van der Waals surface area contributed by atoms with Gasteiger partial charge in [-0.3, -0.25) is 19.7 Å². The van der Waals surface area contributed by atoms with Crippen LogP contribution >= 0.6 is 11.6 Å². The van der Waals surface area contributed by atoms with E-state index in [2.05, 4.69) is 13.8 Å². The third-order valence-electron chi connectivity index (χ3n) is 9.37. The van der Waals surface area contributed by atoms with Crippen molar-refractivity contribution in [2.75, 3.05) is 4.90 Å². The van der Waals surface area contributed by atoms with Crippen molar-refractivity contribution in [2.24, 2.45) is 23.7 Å². The van der Waals surface area contributed by atoms with Crippen LogP contribution in [0.4, 0.5) is 11.4 Å². The molecule has 0 spiro atoms. The molecule has 0 unspecified atom stereocenters. The highest BCUT2D eigenvalue weighted by Gasteiger charge is 2.58. The van der Waals surface area contributed by atoms with Gasteiger partial charge in [0.25, 0.3) is 5.69 Å². The van der Waals surface area contributed by atoms with Crippen molar-refractivity contribution in [3.63, 3.8) is 0 Å². The van der Waals surface area contributed by atoms with Gasteiger partial charge in [0.15, 0.2) is 0 Å². The Morgan fingerprint density at radius 2 is 1.85 bits per heavy atom. The Kier molecular flexibility index (Phi) is 8.87. The molecule has 4 atom stereocenters. The highest BCUT2D eigenvalue weighted by atomic mass is 35.5. The second kappa shape index (κ2) is 12.9. The van der Waals surface area contributed by atoms with Crippen LogP contribution in [0.5, 0.6) is 5.75 Å². The summed E-state index contributed by atoms with van der Waals surface area (Å²) in [5.41, 5.74) is 4.73. The largest absolute Gasteiger partial charge is 0.508 e. The number of amides is 2. The van der Waals surface area contributed by atoms with Gasteiger partial charge in [0.1, 0.15) is 5.75 Å². The van der Waals surface area contributed by atoms with Crippen molar-refractivity contribution in [1.29, 1.82) is 0 Å². The van der Waals surface area contributed by atoms with Crippen molar-refractivity contribution >= 4 is 53.6 Å². The highest BCUT2D eigenvalue weighted by molar-refractivity contribution is 6.43. The zero-order valence-electron chi connectivity index (χ0n) is 25.5. The average Bonchev–Trinajstić information content (AvgIpc) is 3.29. The average molecular weight is 641 g/mol. The first-order chi connectivity index (χ1) is 22.0. The molecular formula is C35H34BClN2O7. The Morgan fingerprint density at radius 3 is 2.54 bits per heavy atom. The number of rotatable bonds is 8. The van der Waals surface area contributed by atoms with E-state index in [1.54, 1.807) is 12.1 Å². The number of nitro benzene ring substituents is 1. The Labute approximate surface area is 272 Å². The van der Waals surface area contributed by atoms with Crippen LogP contribution in [0.15, 0.2) is 83.9 Å². The van der Waals surface area contributed by atoms with E-state index in [0.29, 0.717) is 24.3 Å². The van der Waals surface area contributed by atoms with Crippen molar-refractivity contribution in [3.8, 4) is 5.75 Å². The fourth-order valence-electron chi connectivity index (χ4n) is 7.31. The van der Waals surface area contributed by atoms with Gasteiger partial charge >= 0.3 is 7.12 Å². The number of fused-ring (bicyclic) bond motifs is 3. The van der Waals surface area contributed by atoms with Gasteiger partial charge in [0, 0.05) is 12.1 Å².